The fourth-order valence-corrected chi connectivity index (χ4v) is 8.06. The summed E-state index contributed by atoms with van der Waals surface area (Å²) in [6.45, 7) is 4.84. The van der Waals surface area contributed by atoms with Crippen molar-refractivity contribution in [3.8, 4) is 11.5 Å². The minimum atomic E-state index is -0.748. The molecule has 7 rings (SSSR count). The van der Waals surface area contributed by atoms with Gasteiger partial charge in [0.15, 0.2) is 0 Å². The van der Waals surface area contributed by atoms with Crippen molar-refractivity contribution in [2.75, 3.05) is 39.3 Å². The summed E-state index contributed by atoms with van der Waals surface area (Å²) >= 11 is 6.97. The van der Waals surface area contributed by atoms with Crippen molar-refractivity contribution in [1.82, 2.24) is 15.2 Å². The number of nitrogens with zero attached hydrogens (tertiary/aromatic N) is 1. The number of H-pyrrole nitrogens is 1. The lowest BCUT2D eigenvalue weighted by atomic mass is 9.85. The Bertz CT molecular complexity index is 1810. The van der Waals surface area contributed by atoms with Crippen LogP contribution >= 0.6 is 11.6 Å². The van der Waals surface area contributed by atoms with Gasteiger partial charge in [-0.2, -0.15) is 0 Å². The number of aliphatic hydroxyl groups excluding tert-OH is 1. The first-order valence-electron chi connectivity index (χ1n) is 19.0. The van der Waals surface area contributed by atoms with Gasteiger partial charge in [0.2, 0.25) is 5.56 Å². The maximum absolute atomic E-state index is 13.3. The number of rotatable bonds is 19. The van der Waals surface area contributed by atoms with Gasteiger partial charge in [-0.15, -0.1) is 0 Å². The van der Waals surface area contributed by atoms with Crippen molar-refractivity contribution in [2.24, 2.45) is 5.92 Å². The van der Waals surface area contributed by atoms with Crippen LogP contribution in [0.3, 0.4) is 0 Å². The van der Waals surface area contributed by atoms with Crippen LogP contribution in [-0.2, 0) is 9.53 Å². The molecule has 1 aromatic heterocycles. The van der Waals surface area contributed by atoms with E-state index in [4.69, 9.17) is 21.1 Å². The number of benzene rings is 3. The number of unbranched alkanes of at least 4 members (excludes halogenated alkanes) is 6. The molecule has 52 heavy (non-hydrogen) atoms. The Hall–Kier alpha value is -3.89. The van der Waals surface area contributed by atoms with Crippen LogP contribution in [0, 0.1) is 5.92 Å². The molecule has 4 aromatic rings. The number of piperidine rings is 3. The van der Waals surface area contributed by atoms with Crippen LogP contribution < -0.4 is 15.6 Å². The zero-order valence-corrected chi connectivity index (χ0v) is 30.7. The predicted molar refractivity (Wildman–Crippen MR) is 205 cm³/mol. The first-order chi connectivity index (χ1) is 25.4. The number of hydrogen-bond donors (Lipinski definition) is 4. The van der Waals surface area contributed by atoms with Crippen molar-refractivity contribution in [2.45, 2.75) is 82.3 Å². The Labute approximate surface area is 311 Å². The third-order valence-corrected chi connectivity index (χ3v) is 11.1. The van der Waals surface area contributed by atoms with Gasteiger partial charge in [-0.3, -0.25) is 14.5 Å². The van der Waals surface area contributed by atoms with Crippen molar-refractivity contribution < 1.29 is 24.5 Å². The quantitative estimate of drug-likeness (QED) is 0.0579. The second-order valence-corrected chi connectivity index (χ2v) is 14.7. The van der Waals surface area contributed by atoms with Gasteiger partial charge in [-0.25, -0.2) is 0 Å². The molecule has 10 heteroatoms. The summed E-state index contributed by atoms with van der Waals surface area (Å²) < 4.78 is 12.2. The van der Waals surface area contributed by atoms with Crippen LogP contribution in [0.1, 0.15) is 92.9 Å². The van der Waals surface area contributed by atoms with Crippen LogP contribution in [0.5, 0.6) is 11.5 Å². The summed E-state index contributed by atoms with van der Waals surface area (Å²) in [6.07, 6.45) is 9.26. The molecule has 3 atom stereocenters. The first-order valence-corrected chi connectivity index (χ1v) is 19.4. The third kappa shape index (κ3) is 9.95. The number of esters is 1. The molecular formula is C42H52ClN3O6. The number of aromatic nitrogens is 1. The largest absolute Gasteiger partial charge is 0.506 e. The van der Waals surface area contributed by atoms with E-state index in [0.29, 0.717) is 46.3 Å². The van der Waals surface area contributed by atoms with E-state index < -0.39 is 6.10 Å². The van der Waals surface area contributed by atoms with Gasteiger partial charge < -0.3 is 30.0 Å². The highest BCUT2D eigenvalue weighted by Gasteiger charge is 2.37. The summed E-state index contributed by atoms with van der Waals surface area (Å²) in [5.74, 6) is 0.706. The number of halogens is 1. The maximum atomic E-state index is 13.3. The van der Waals surface area contributed by atoms with Crippen molar-refractivity contribution in [1.29, 1.82) is 0 Å². The van der Waals surface area contributed by atoms with Gasteiger partial charge in [0.25, 0.3) is 0 Å². The minimum Gasteiger partial charge on any atom is -0.506 e. The Morgan fingerprint density at radius 2 is 1.65 bits per heavy atom. The molecule has 3 aliphatic heterocycles. The number of hydrogen-bond acceptors (Lipinski definition) is 8. The number of fused-ring (bicyclic) bond motifs is 4. The zero-order chi connectivity index (χ0) is 36.3. The molecule has 278 valence electrons. The topological polar surface area (TPSA) is 124 Å². The van der Waals surface area contributed by atoms with E-state index in [1.807, 2.05) is 48.5 Å². The fraction of sp³-hybridized carbons (Fsp3) is 0.476. The number of aromatic hydroxyl groups is 1. The zero-order valence-electron chi connectivity index (χ0n) is 29.9. The molecule has 0 saturated carbocycles. The molecule has 2 bridgehead atoms. The third-order valence-electron chi connectivity index (χ3n) is 10.7. The number of carbonyl (C=O) groups excluding carboxylic acids is 1. The van der Waals surface area contributed by atoms with Crippen LogP contribution in [0.2, 0.25) is 5.02 Å². The first kappa shape index (κ1) is 37.9. The number of pyridine rings is 1. The van der Waals surface area contributed by atoms with Crippen LogP contribution in [0.4, 0.5) is 0 Å². The van der Waals surface area contributed by atoms with Gasteiger partial charge in [0, 0.05) is 30.5 Å². The SMILES string of the molecule is O=C(CC(c1ccccc1)c1cccc(OCCCCCCCCCNC[C@H](O)c2ccc(O)c3[nH]c(=O)ccc23)c1Cl)O[C@H]1CN2CCC1CC2. The van der Waals surface area contributed by atoms with E-state index in [9.17, 15) is 19.8 Å². The number of aromatic amines is 1. The summed E-state index contributed by atoms with van der Waals surface area (Å²) in [5, 5.41) is 25.3. The van der Waals surface area contributed by atoms with Gasteiger partial charge >= 0.3 is 5.97 Å². The summed E-state index contributed by atoms with van der Waals surface area (Å²) in [4.78, 5) is 30.0. The van der Waals surface area contributed by atoms with E-state index in [1.54, 1.807) is 12.1 Å². The number of ether oxygens (including phenoxy) is 2. The average molecular weight is 730 g/mol. The molecule has 3 aromatic carbocycles. The van der Waals surface area contributed by atoms with E-state index >= 15 is 0 Å². The average Bonchev–Trinajstić information content (AvgIpc) is 3.16. The van der Waals surface area contributed by atoms with Gasteiger partial charge in [-0.05, 0) is 86.1 Å². The number of carbonyl (C=O) groups is 1. The lowest BCUT2D eigenvalue weighted by molar-refractivity contribution is -0.159. The Balaban J connectivity index is 0.881. The number of nitrogens with one attached hydrogen (secondary N) is 2. The number of phenolic OH excluding ortho intramolecular Hbond substituents is 1. The highest BCUT2D eigenvalue weighted by molar-refractivity contribution is 6.33. The molecule has 1 unspecified atom stereocenters. The monoisotopic (exact) mass is 729 g/mol. The highest BCUT2D eigenvalue weighted by atomic mass is 35.5. The smallest absolute Gasteiger partial charge is 0.307 e. The van der Waals surface area contributed by atoms with Crippen LogP contribution in [-0.4, -0.2) is 71.5 Å². The lowest BCUT2D eigenvalue weighted by Crippen LogP contribution is -2.52. The summed E-state index contributed by atoms with van der Waals surface area (Å²) in [6, 6.07) is 22.1. The molecular weight excluding hydrogens is 678 g/mol. The summed E-state index contributed by atoms with van der Waals surface area (Å²) in [7, 11) is 0. The molecule has 0 spiro atoms. The Morgan fingerprint density at radius 3 is 2.40 bits per heavy atom. The fourth-order valence-electron chi connectivity index (χ4n) is 7.75. The molecule has 4 N–H and O–H groups in total. The predicted octanol–water partition coefficient (Wildman–Crippen LogP) is 7.48. The molecule has 3 saturated heterocycles. The molecule has 3 fully saturated rings. The van der Waals surface area contributed by atoms with Gasteiger partial charge in [-0.1, -0.05) is 92.2 Å². The van der Waals surface area contributed by atoms with E-state index in [0.717, 1.165) is 95.1 Å². The standard InChI is InChI=1S/C42H52ClN3O6/c43-41-32(34(29-12-7-6-8-13-29)26-40(50)52-38-28-46-23-20-30(38)21-24-46)14-11-15-37(41)51-25-10-5-3-1-2-4-9-22-44-27-36(48)31-16-18-35(47)42-33(31)17-19-39(49)45-42/h6-8,11-19,30,34,36,38,44,47-48H,1-5,9-10,20-28H2,(H,45,49)/t34?,36-,38-/m0/s1. The normalized spacial score (nSPS) is 19.4. The number of phenols is 1. The maximum Gasteiger partial charge on any atom is 0.307 e. The minimum absolute atomic E-state index is 0.0120. The van der Waals surface area contributed by atoms with Crippen molar-refractivity contribution in [3.63, 3.8) is 0 Å². The van der Waals surface area contributed by atoms with E-state index in [1.165, 1.54) is 12.1 Å². The Kier molecular flexibility index (Phi) is 13.6. The molecule has 3 aliphatic rings. The molecule has 4 heterocycles. The second kappa shape index (κ2) is 18.7. The van der Waals surface area contributed by atoms with Crippen molar-refractivity contribution in [3.05, 3.63) is 105 Å². The highest BCUT2D eigenvalue weighted by Crippen LogP contribution is 2.39. The molecule has 0 amide bonds. The lowest BCUT2D eigenvalue weighted by Gasteiger charge is -2.44. The Morgan fingerprint density at radius 1 is 0.904 bits per heavy atom. The van der Waals surface area contributed by atoms with Gasteiger partial charge in [0.05, 0.1) is 29.7 Å². The van der Waals surface area contributed by atoms with Crippen LogP contribution in [0.25, 0.3) is 10.9 Å². The van der Waals surface area contributed by atoms with Crippen molar-refractivity contribution >= 4 is 28.5 Å². The molecule has 0 aliphatic carbocycles. The second-order valence-electron chi connectivity index (χ2n) is 14.3. The van der Waals surface area contributed by atoms with Gasteiger partial charge in [0.1, 0.15) is 17.6 Å². The van der Waals surface area contributed by atoms with E-state index in [-0.39, 0.29) is 35.7 Å². The van der Waals surface area contributed by atoms with E-state index in [2.05, 4.69) is 15.2 Å². The summed E-state index contributed by atoms with van der Waals surface area (Å²) in [5.41, 5.74) is 2.63. The van der Waals surface area contributed by atoms with Crippen LogP contribution in [0.15, 0.2) is 77.6 Å². The molecule has 9 nitrogen and oxygen atoms in total. The number of aliphatic hydroxyl groups is 1. The molecule has 0 radical (unpaired) electrons.